The lowest BCUT2D eigenvalue weighted by atomic mass is 9.83. The van der Waals surface area contributed by atoms with Gasteiger partial charge in [0.15, 0.2) is 16.6 Å². The van der Waals surface area contributed by atoms with Crippen molar-refractivity contribution >= 4 is 81.8 Å². The molecule has 0 N–H and O–H groups in total. The summed E-state index contributed by atoms with van der Waals surface area (Å²) >= 11 is 0. The summed E-state index contributed by atoms with van der Waals surface area (Å²) in [6.07, 6.45) is 2.26. The summed E-state index contributed by atoms with van der Waals surface area (Å²) in [5.41, 5.74) is 9.31. The van der Waals surface area contributed by atoms with Crippen molar-refractivity contribution in [2.24, 2.45) is 0 Å². The van der Waals surface area contributed by atoms with Crippen molar-refractivity contribution in [1.29, 1.82) is 0 Å². The minimum atomic E-state index is -0.750. The number of pyridine rings is 2. The van der Waals surface area contributed by atoms with Gasteiger partial charge in [-0.3, -0.25) is 0 Å². The van der Waals surface area contributed by atoms with Crippen LogP contribution in [0.2, 0.25) is 0 Å². The van der Waals surface area contributed by atoms with Crippen molar-refractivity contribution in [3.63, 3.8) is 0 Å². The minimum absolute atomic E-state index is 0.750. The van der Waals surface area contributed by atoms with E-state index in [4.69, 9.17) is 9.15 Å². The summed E-state index contributed by atoms with van der Waals surface area (Å²) < 4.78 is 23.5. The Morgan fingerprint density at radius 2 is 1.24 bits per heavy atom. The quantitative estimate of drug-likeness (QED) is 0.125. The van der Waals surface area contributed by atoms with Crippen molar-refractivity contribution in [2.75, 3.05) is 0 Å². The number of nitrogens with zero attached hydrogens (tertiary/aromatic N) is 4. The van der Waals surface area contributed by atoms with Crippen LogP contribution in [0.3, 0.4) is 0 Å². The summed E-state index contributed by atoms with van der Waals surface area (Å²) in [4.78, 5) is 0. The van der Waals surface area contributed by atoms with E-state index in [9.17, 15) is 0 Å². The second-order valence-electron chi connectivity index (χ2n) is 13.7. The highest BCUT2D eigenvalue weighted by atomic mass is 16.5. The Bertz CT molecular complexity index is 3440. The average Bonchev–Trinajstić information content (AvgIpc) is 3.88. The van der Waals surface area contributed by atoms with Gasteiger partial charge in [-0.1, -0.05) is 48.5 Å². The van der Waals surface area contributed by atoms with Gasteiger partial charge in [0.25, 0.3) is 5.82 Å². The molecule has 1 spiro atoms. The van der Waals surface area contributed by atoms with E-state index in [0.29, 0.717) is 0 Å². The van der Waals surface area contributed by atoms with E-state index in [-0.39, 0.29) is 0 Å². The van der Waals surface area contributed by atoms with Crippen LogP contribution >= 0.6 is 0 Å². The zero-order valence-electron chi connectivity index (χ0n) is 25.8. The van der Waals surface area contributed by atoms with Crippen LogP contribution in [0.5, 0.6) is 11.5 Å². The van der Waals surface area contributed by atoms with Crippen LogP contribution in [0.4, 0.5) is 0 Å². The number of benzene rings is 6. The van der Waals surface area contributed by atoms with E-state index in [2.05, 4.69) is 146 Å². The van der Waals surface area contributed by atoms with Crippen LogP contribution in [-0.4, -0.2) is 9.08 Å². The van der Waals surface area contributed by atoms with Crippen LogP contribution in [0.1, 0.15) is 11.1 Å². The van der Waals surface area contributed by atoms with Crippen LogP contribution in [0.25, 0.3) is 87.7 Å². The largest absolute Gasteiger partial charge is 0.456 e. The highest BCUT2D eigenvalue weighted by Gasteiger charge is 2.68. The second kappa shape index (κ2) is 7.40. The van der Waals surface area contributed by atoms with E-state index in [0.717, 1.165) is 39.3 Å². The molecule has 49 heavy (non-hydrogen) atoms. The molecule has 5 aromatic heterocycles. The molecule has 0 amide bonds. The van der Waals surface area contributed by atoms with Gasteiger partial charge in [-0.25, -0.2) is 0 Å². The van der Waals surface area contributed by atoms with Crippen LogP contribution in [0, 0.1) is 0 Å². The zero-order valence-corrected chi connectivity index (χ0v) is 25.8. The van der Waals surface area contributed by atoms with Crippen LogP contribution in [-0.2, 0) is 5.66 Å². The molecule has 3 aliphatic heterocycles. The molecule has 0 bridgehead atoms. The van der Waals surface area contributed by atoms with Gasteiger partial charge in [-0.2, -0.15) is 9.13 Å². The normalized spacial score (nSPS) is 16.8. The molecule has 0 fully saturated rings. The molecule has 1 atom stereocenters. The fraction of sp³-hybridized carbons (Fsp3) is 0.0233. The molecule has 6 heteroatoms. The summed E-state index contributed by atoms with van der Waals surface area (Å²) in [6, 6.07) is 46.1. The Labute approximate surface area is 276 Å². The Balaban J connectivity index is 1.31. The van der Waals surface area contributed by atoms with Gasteiger partial charge >= 0.3 is 5.66 Å². The van der Waals surface area contributed by atoms with Crippen LogP contribution in [0.15, 0.2) is 138 Å². The molecule has 6 aromatic carbocycles. The standard InChI is InChI=1S/C43H22N4O2/c1-4-12-31-23(9-1)25-16-18-34-38-41(25)45(31)37-15-7-8-20-44(37)43(38)39-35(49-34)19-17-26-28-21-29-24-10-3-6-14-33(24)48-36(29)22-30(28)40-27-11-2-5-13-32(27)47(43)46(40)42(26)39/h1-22H/q+2. The molecule has 3 aliphatic rings. The second-order valence-corrected chi connectivity index (χ2v) is 13.7. The van der Waals surface area contributed by atoms with Gasteiger partial charge in [0, 0.05) is 44.5 Å². The van der Waals surface area contributed by atoms with E-state index in [1.807, 2.05) is 6.07 Å². The maximum atomic E-state index is 7.01. The predicted octanol–water partition coefficient (Wildman–Crippen LogP) is 9.00. The smallest absolute Gasteiger partial charge is 0.398 e. The molecule has 0 radical (unpaired) electrons. The Morgan fingerprint density at radius 3 is 2.14 bits per heavy atom. The third kappa shape index (κ3) is 2.28. The Kier molecular flexibility index (Phi) is 3.57. The molecular weight excluding hydrogens is 604 g/mol. The topological polar surface area (TPSA) is 39.5 Å². The van der Waals surface area contributed by atoms with E-state index in [1.165, 1.54) is 71.0 Å². The SMILES string of the molecule is c1cc[n+]2c(c1)-n1c3ccccc3c3ccc4c(c31)C21c2c(ccc3c5cc6c(cc5c5c7ccccc7[n+]1n5c23)oc1ccccc16)O4. The lowest BCUT2D eigenvalue weighted by Gasteiger charge is -2.33. The summed E-state index contributed by atoms with van der Waals surface area (Å²) in [6.45, 7) is 0. The number of furan rings is 1. The first-order valence-electron chi connectivity index (χ1n) is 16.8. The zero-order chi connectivity index (χ0) is 31.3. The molecule has 0 saturated heterocycles. The molecule has 8 heterocycles. The maximum absolute atomic E-state index is 7.01. The molecule has 14 rings (SSSR count). The van der Waals surface area contributed by atoms with Crippen LogP contribution < -0.4 is 14.0 Å². The van der Waals surface area contributed by atoms with Crippen molar-refractivity contribution in [2.45, 2.75) is 5.66 Å². The number of aromatic nitrogens is 4. The fourth-order valence-corrected chi connectivity index (χ4v) is 9.98. The Hall–Kier alpha value is -6.66. The number of hydrogen-bond donors (Lipinski definition) is 0. The number of hydrogen-bond acceptors (Lipinski definition) is 2. The van der Waals surface area contributed by atoms with Gasteiger partial charge in [-0.15, -0.1) is 4.52 Å². The first-order chi connectivity index (χ1) is 24.3. The molecule has 224 valence electrons. The molecular formula is C43H22N4O2+2. The molecule has 1 unspecified atom stereocenters. The third-order valence-electron chi connectivity index (χ3n) is 11.7. The first kappa shape index (κ1) is 23.6. The molecule has 0 saturated carbocycles. The molecule has 0 aliphatic carbocycles. The van der Waals surface area contributed by atoms with Crippen molar-refractivity contribution < 1.29 is 18.4 Å². The lowest BCUT2D eigenvalue weighted by molar-refractivity contribution is -0.980. The maximum Gasteiger partial charge on any atom is 0.398 e. The van der Waals surface area contributed by atoms with Crippen molar-refractivity contribution in [3.05, 3.63) is 145 Å². The number of rotatable bonds is 0. The van der Waals surface area contributed by atoms with E-state index < -0.39 is 5.66 Å². The number of ether oxygens (including phenoxy) is 1. The lowest BCUT2D eigenvalue weighted by Crippen LogP contribution is -2.76. The summed E-state index contributed by atoms with van der Waals surface area (Å²) in [7, 11) is 0. The van der Waals surface area contributed by atoms with Crippen molar-refractivity contribution in [1.82, 2.24) is 9.08 Å². The Morgan fingerprint density at radius 1 is 0.510 bits per heavy atom. The number of para-hydroxylation sites is 3. The van der Waals surface area contributed by atoms with E-state index in [1.54, 1.807) is 0 Å². The number of fused-ring (bicyclic) bond motifs is 14. The molecule has 6 nitrogen and oxygen atoms in total. The highest BCUT2D eigenvalue weighted by Crippen LogP contribution is 2.57. The van der Waals surface area contributed by atoms with Gasteiger partial charge in [0.2, 0.25) is 5.52 Å². The highest BCUT2D eigenvalue weighted by molar-refractivity contribution is 6.24. The van der Waals surface area contributed by atoms with Gasteiger partial charge in [0.05, 0.1) is 11.6 Å². The third-order valence-corrected chi connectivity index (χ3v) is 11.7. The van der Waals surface area contributed by atoms with Gasteiger partial charge < -0.3 is 9.15 Å². The fourth-order valence-electron chi connectivity index (χ4n) is 9.98. The monoisotopic (exact) mass is 626 g/mol. The summed E-state index contributed by atoms with van der Waals surface area (Å²) in [5.74, 6) is 2.90. The predicted molar refractivity (Wildman–Crippen MR) is 190 cm³/mol. The first-order valence-corrected chi connectivity index (χ1v) is 16.8. The summed E-state index contributed by atoms with van der Waals surface area (Å²) in [5, 5.41) is 9.53. The molecule has 11 aromatic rings. The van der Waals surface area contributed by atoms with Crippen molar-refractivity contribution in [3.8, 4) is 17.3 Å². The average molecular weight is 627 g/mol. The van der Waals surface area contributed by atoms with E-state index >= 15 is 0 Å². The minimum Gasteiger partial charge on any atom is -0.456 e. The van der Waals surface area contributed by atoms with Gasteiger partial charge in [-0.05, 0) is 76.8 Å². The van der Waals surface area contributed by atoms with Gasteiger partial charge in [0.1, 0.15) is 39.2 Å².